The van der Waals surface area contributed by atoms with E-state index in [2.05, 4.69) is 17.6 Å². The van der Waals surface area contributed by atoms with E-state index in [1.165, 1.54) is 12.5 Å². The topological polar surface area (TPSA) is 67.4 Å². The van der Waals surface area contributed by atoms with Crippen LogP contribution in [-0.4, -0.2) is 25.0 Å². The summed E-state index contributed by atoms with van der Waals surface area (Å²) in [4.78, 5) is 23.1. The molecule has 0 heterocycles. The third-order valence-corrected chi connectivity index (χ3v) is 3.53. The molecule has 2 aromatic rings. The van der Waals surface area contributed by atoms with Crippen LogP contribution in [-0.2, 0) is 9.59 Å². The minimum absolute atomic E-state index is 0.0991. The van der Waals surface area contributed by atoms with E-state index in [0.29, 0.717) is 18.0 Å². The first-order valence-corrected chi connectivity index (χ1v) is 7.87. The van der Waals surface area contributed by atoms with Crippen molar-refractivity contribution in [1.29, 1.82) is 0 Å². The predicted molar refractivity (Wildman–Crippen MR) is 94.1 cm³/mol. The molecule has 0 saturated carbocycles. The Hall–Kier alpha value is -2.82. The molecule has 0 aliphatic rings. The third kappa shape index (κ3) is 5.43. The summed E-state index contributed by atoms with van der Waals surface area (Å²) in [5.74, 6) is 0.309. The van der Waals surface area contributed by atoms with Gasteiger partial charge >= 0.3 is 0 Å². The zero-order valence-electron chi connectivity index (χ0n) is 13.9. The van der Waals surface area contributed by atoms with Gasteiger partial charge in [0.25, 0.3) is 5.91 Å². The van der Waals surface area contributed by atoms with Gasteiger partial charge in [-0.25, -0.2) is 0 Å². The normalized spacial score (nSPS) is 11.4. The summed E-state index contributed by atoms with van der Waals surface area (Å²) in [7, 11) is 0. The van der Waals surface area contributed by atoms with Crippen LogP contribution in [0.3, 0.4) is 0 Å². The van der Waals surface area contributed by atoms with Crippen molar-refractivity contribution in [3.05, 3.63) is 60.2 Å². The van der Waals surface area contributed by atoms with Crippen molar-refractivity contribution in [2.75, 3.05) is 18.5 Å². The van der Waals surface area contributed by atoms with Crippen LogP contribution < -0.4 is 15.4 Å². The number of carbonyl (C=O) groups is 2. The number of para-hydroxylation sites is 2. The van der Waals surface area contributed by atoms with Gasteiger partial charge in [-0.05, 0) is 23.6 Å². The van der Waals surface area contributed by atoms with Crippen LogP contribution in [0, 0.1) is 0 Å². The lowest BCUT2D eigenvalue weighted by molar-refractivity contribution is -0.123. The number of carbonyl (C=O) groups excluding carboxylic acids is 2. The highest BCUT2D eigenvalue weighted by molar-refractivity contribution is 5.90. The molecule has 0 spiro atoms. The highest BCUT2D eigenvalue weighted by Gasteiger charge is 2.10. The molecule has 24 heavy (non-hydrogen) atoms. The Bertz CT molecular complexity index is 686. The Morgan fingerprint density at radius 3 is 2.42 bits per heavy atom. The summed E-state index contributed by atoms with van der Waals surface area (Å²) in [6, 6.07) is 17.0. The second-order valence-electron chi connectivity index (χ2n) is 5.58. The second kappa shape index (κ2) is 8.72. The van der Waals surface area contributed by atoms with Crippen LogP contribution in [0.5, 0.6) is 5.75 Å². The first kappa shape index (κ1) is 17.5. The molecule has 0 aliphatic heterocycles. The summed E-state index contributed by atoms with van der Waals surface area (Å²) >= 11 is 0. The summed E-state index contributed by atoms with van der Waals surface area (Å²) < 4.78 is 5.51. The molecule has 0 aliphatic carbocycles. The maximum atomic E-state index is 12.0. The van der Waals surface area contributed by atoms with Gasteiger partial charge in [-0.3, -0.25) is 9.59 Å². The highest BCUT2D eigenvalue weighted by atomic mass is 16.5. The van der Waals surface area contributed by atoms with E-state index in [0.717, 1.165) is 0 Å². The molecule has 5 nitrogen and oxygen atoms in total. The van der Waals surface area contributed by atoms with Crippen molar-refractivity contribution >= 4 is 17.5 Å². The number of hydrogen-bond donors (Lipinski definition) is 2. The van der Waals surface area contributed by atoms with Crippen molar-refractivity contribution in [2.45, 2.75) is 19.8 Å². The molecule has 0 unspecified atom stereocenters. The van der Waals surface area contributed by atoms with Crippen LogP contribution in [0.25, 0.3) is 0 Å². The zero-order valence-corrected chi connectivity index (χ0v) is 13.9. The standard InChI is InChI=1S/C19H22N2O3/c1-14(16-8-4-3-5-9-16)12-20-19(23)13-24-18-11-7-6-10-17(18)21-15(2)22/h3-11,14H,12-13H2,1-2H3,(H,20,23)(H,21,22)/t14-/m1/s1. The highest BCUT2D eigenvalue weighted by Crippen LogP contribution is 2.23. The first-order chi connectivity index (χ1) is 11.6. The molecule has 0 aromatic heterocycles. The Kier molecular flexibility index (Phi) is 6.37. The lowest BCUT2D eigenvalue weighted by Gasteiger charge is -2.14. The Morgan fingerprint density at radius 2 is 1.71 bits per heavy atom. The maximum Gasteiger partial charge on any atom is 0.257 e. The number of ether oxygens (including phenoxy) is 1. The molecule has 2 N–H and O–H groups in total. The van der Waals surface area contributed by atoms with E-state index < -0.39 is 0 Å². The first-order valence-electron chi connectivity index (χ1n) is 7.87. The summed E-state index contributed by atoms with van der Waals surface area (Å²) in [6.07, 6.45) is 0. The smallest absolute Gasteiger partial charge is 0.257 e. The summed E-state index contributed by atoms with van der Waals surface area (Å²) in [5.41, 5.74) is 1.73. The van der Waals surface area contributed by atoms with E-state index in [4.69, 9.17) is 4.74 Å². The summed E-state index contributed by atoms with van der Waals surface area (Å²) in [6.45, 7) is 3.93. The van der Waals surface area contributed by atoms with Gasteiger partial charge in [-0.2, -0.15) is 0 Å². The monoisotopic (exact) mass is 326 g/mol. The lowest BCUT2D eigenvalue weighted by atomic mass is 10.0. The van der Waals surface area contributed by atoms with Crippen molar-refractivity contribution in [2.24, 2.45) is 0 Å². The average Bonchev–Trinajstić information content (AvgIpc) is 2.59. The molecule has 2 aromatic carbocycles. The van der Waals surface area contributed by atoms with E-state index in [9.17, 15) is 9.59 Å². The van der Waals surface area contributed by atoms with Gasteiger partial charge in [0.05, 0.1) is 5.69 Å². The van der Waals surface area contributed by atoms with Crippen molar-refractivity contribution < 1.29 is 14.3 Å². The van der Waals surface area contributed by atoms with Crippen LogP contribution in [0.1, 0.15) is 25.3 Å². The summed E-state index contributed by atoms with van der Waals surface area (Å²) in [5, 5.41) is 5.53. The molecule has 0 bridgehead atoms. The molecule has 0 fully saturated rings. The fourth-order valence-corrected chi connectivity index (χ4v) is 2.25. The van der Waals surface area contributed by atoms with Gasteiger partial charge in [-0.15, -0.1) is 0 Å². The van der Waals surface area contributed by atoms with Gasteiger partial charge in [0.15, 0.2) is 6.61 Å². The van der Waals surface area contributed by atoms with E-state index in [1.54, 1.807) is 24.3 Å². The fraction of sp³-hybridized carbons (Fsp3) is 0.263. The Morgan fingerprint density at radius 1 is 1.04 bits per heavy atom. The lowest BCUT2D eigenvalue weighted by Crippen LogP contribution is -2.32. The molecule has 5 heteroatoms. The van der Waals surface area contributed by atoms with Gasteiger partial charge in [0.1, 0.15) is 5.75 Å². The maximum absolute atomic E-state index is 12.0. The van der Waals surface area contributed by atoms with Crippen molar-refractivity contribution in [3.63, 3.8) is 0 Å². The minimum atomic E-state index is -0.199. The average molecular weight is 326 g/mol. The second-order valence-corrected chi connectivity index (χ2v) is 5.58. The van der Waals surface area contributed by atoms with Crippen LogP contribution in [0.2, 0.25) is 0 Å². The van der Waals surface area contributed by atoms with Gasteiger partial charge in [0.2, 0.25) is 5.91 Å². The molecule has 126 valence electrons. The number of benzene rings is 2. The molecular weight excluding hydrogens is 304 g/mol. The largest absolute Gasteiger partial charge is 0.482 e. The van der Waals surface area contributed by atoms with Crippen molar-refractivity contribution in [1.82, 2.24) is 5.32 Å². The molecule has 2 rings (SSSR count). The van der Waals surface area contributed by atoms with Crippen LogP contribution >= 0.6 is 0 Å². The molecule has 0 radical (unpaired) electrons. The van der Waals surface area contributed by atoms with Crippen molar-refractivity contribution in [3.8, 4) is 5.75 Å². The third-order valence-electron chi connectivity index (χ3n) is 3.53. The zero-order chi connectivity index (χ0) is 17.4. The van der Waals surface area contributed by atoms with Gasteiger partial charge in [0, 0.05) is 13.5 Å². The quantitative estimate of drug-likeness (QED) is 0.822. The molecular formula is C19H22N2O3. The number of nitrogens with one attached hydrogen (secondary N) is 2. The number of hydrogen-bond acceptors (Lipinski definition) is 3. The number of rotatable bonds is 7. The Labute approximate surface area is 142 Å². The number of anilines is 1. The number of amides is 2. The SMILES string of the molecule is CC(=O)Nc1ccccc1OCC(=O)NC[C@@H](C)c1ccccc1. The minimum Gasteiger partial charge on any atom is -0.482 e. The van der Waals surface area contributed by atoms with E-state index in [1.807, 2.05) is 30.3 Å². The van der Waals surface area contributed by atoms with E-state index in [-0.39, 0.29) is 24.3 Å². The van der Waals surface area contributed by atoms with Gasteiger partial charge < -0.3 is 15.4 Å². The fourth-order valence-electron chi connectivity index (χ4n) is 2.25. The van der Waals surface area contributed by atoms with Crippen LogP contribution in [0.4, 0.5) is 5.69 Å². The predicted octanol–water partition coefficient (Wildman–Crippen LogP) is 2.94. The Balaban J connectivity index is 1.82. The molecule has 2 amide bonds. The van der Waals surface area contributed by atoms with Crippen LogP contribution in [0.15, 0.2) is 54.6 Å². The molecule has 0 saturated heterocycles. The van der Waals surface area contributed by atoms with E-state index >= 15 is 0 Å². The van der Waals surface area contributed by atoms with Gasteiger partial charge in [-0.1, -0.05) is 49.4 Å². The molecule has 1 atom stereocenters.